The Balaban J connectivity index is 1.93. The average Bonchev–Trinajstić information content (AvgIpc) is 2.99. The molecule has 0 spiro atoms. The van der Waals surface area contributed by atoms with E-state index < -0.39 is 11.8 Å². The van der Waals surface area contributed by atoms with Gasteiger partial charge in [-0.1, -0.05) is 31.6 Å². The summed E-state index contributed by atoms with van der Waals surface area (Å²) in [7, 11) is 0. The van der Waals surface area contributed by atoms with Crippen molar-refractivity contribution in [1.82, 2.24) is 15.1 Å². The molecule has 0 aromatic carbocycles. The molecule has 1 aromatic rings. The second-order valence-electron chi connectivity index (χ2n) is 5.62. The highest BCUT2D eigenvalue weighted by Crippen LogP contribution is 2.21. The molecule has 1 atom stereocenters. The second kappa shape index (κ2) is 8.22. The van der Waals surface area contributed by atoms with Crippen LogP contribution in [0.3, 0.4) is 0 Å². The lowest BCUT2D eigenvalue weighted by Crippen LogP contribution is -2.48. The third kappa shape index (κ3) is 4.25. The predicted octanol–water partition coefficient (Wildman–Crippen LogP) is 2.61. The van der Waals surface area contributed by atoms with Gasteiger partial charge < -0.3 is 4.90 Å². The van der Waals surface area contributed by atoms with Gasteiger partial charge in [-0.3, -0.25) is 14.9 Å². The van der Waals surface area contributed by atoms with Gasteiger partial charge in [0.1, 0.15) is 5.01 Å². The Morgan fingerprint density at radius 1 is 1.32 bits per heavy atom. The summed E-state index contributed by atoms with van der Waals surface area (Å²) in [6, 6.07) is 0.182. The van der Waals surface area contributed by atoms with E-state index in [-0.39, 0.29) is 6.04 Å². The minimum Gasteiger partial charge on any atom is -0.331 e. The van der Waals surface area contributed by atoms with Crippen molar-refractivity contribution in [3.8, 4) is 0 Å². The van der Waals surface area contributed by atoms with Crippen molar-refractivity contribution in [2.45, 2.75) is 64.8 Å². The summed E-state index contributed by atoms with van der Waals surface area (Å²) in [5.41, 5.74) is 0. The lowest BCUT2D eigenvalue weighted by molar-refractivity contribution is -0.145. The van der Waals surface area contributed by atoms with Gasteiger partial charge in [-0.25, -0.2) is 0 Å². The molecular formula is C15H24N4O2S. The SMILES string of the molecule is CCCCc1nnc(NC(=O)C(=O)N2CCCCC2CC)s1. The van der Waals surface area contributed by atoms with Gasteiger partial charge in [0, 0.05) is 19.0 Å². The molecule has 1 unspecified atom stereocenters. The zero-order valence-corrected chi connectivity index (χ0v) is 14.1. The van der Waals surface area contributed by atoms with Crippen LogP contribution in [-0.2, 0) is 16.0 Å². The van der Waals surface area contributed by atoms with Crippen molar-refractivity contribution >= 4 is 28.3 Å². The Morgan fingerprint density at radius 2 is 2.14 bits per heavy atom. The minimum atomic E-state index is -0.599. The second-order valence-corrected chi connectivity index (χ2v) is 6.68. The minimum absolute atomic E-state index is 0.182. The number of carbonyl (C=O) groups is 2. The molecule has 2 amide bonds. The normalized spacial score (nSPS) is 18.3. The van der Waals surface area contributed by atoms with Crippen molar-refractivity contribution < 1.29 is 9.59 Å². The summed E-state index contributed by atoms with van der Waals surface area (Å²) in [6.07, 6.45) is 6.97. The quantitative estimate of drug-likeness (QED) is 0.845. The monoisotopic (exact) mass is 324 g/mol. The number of anilines is 1. The maximum Gasteiger partial charge on any atom is 0.315 e. The molecule has 1 fully saturated rings. The van der Waals surface area contributed by atoms with Crippen LogP contribution in [0.15, 0.2) is 0 Å². The molecule has 7 heteroatoms. The van der Waals surface area contributed by atoms with Gasteiger partial charge in [-0.2, -0.15) is 0 Å². The highest BCUT2D eigenvalue weighted by Gasteiger charge is 2.30. The summed E-state index contributed by atoms with van der Waals surface area (Å²) in [6.45, 7) is 4.84. The molecule has 6 nitrogen and oxygen atoms in total. The van der Waals surface area contributed by atoms with E-state index in [4.69, 9.17) is 0 Å². The number of piperidine rings is 1. The molecule has 0 aliphatic carbocycles. The molecule has 0 radical (unpaired) electrons. The first kappa shape index (κ1) is 16.9. The third-order valence-electron chi connectivity index (χ3n) is 3.98. The van der Waals surface area contributed by atoms with Crippen molar-refractivity contribution in [1.29, 1.82) is 0 Å². The molecular weight excluding hydrogens is 300 g/mol. The number of likely N-dealkylation sites (tertiary alicyclic amines) is 1. The molecule has 0 bridgehead atoms. The molecule has 0 saturated carbocycles. The van der Waals surface area contributed by atoms with Crippen molar-refractivity contribution in [2.24, 2.45) is 0 Å². The number of unbranched alkanes of at least 4 members (excludes halogenated alkanes) is 1. The van der Waals surface area contributed by atoms with Crippen LogP contribution >= 0.6 is 11.3 Å². The van der Waals surface area contributed by atoms with E-state index in [0.29, 0.717) is 11.7 Å². The number of aryl methyl sites for hydroxylation is 1. The fourth-order valence-electron chi connectivity index (χ4n) is 2.71. The zero-order valence-electron chi connectivity index (χ0n) is 13.3. The van der Waals surface area contributed by atoms with Crippen molar-refractivity contribution in [3.63, 3.8) is 0 Å². The van der Waals surface area contributed by atoms with Crippen molar-refractivity contribution in [3.05, 3.63) is 5.01 Å². The smallest absolute Gasteiger partial charge is 0.315 e. The average molecular weight is 324 g/mol. The van der Waals surface area contributed by atoms with Gasteiger partial charge >= 0.3 is 11.8 Å². The van der Waals surface area contributed by atoms with Crippen molar-refractivity contribution in [2.75, 3.05) is 11.9 Å². The summed E-state index contributed by atoms with van der Waals surface area (Å²) in [4.78, 5) is 26.2. The summed E-state index contributed by atoms with van der Waals surface area (Å²) >= 11 is 1.35. The number of rotatable bonds is 5. The van der Waals surface area contributed by atoms with E-state index in [9.17, 15) is 9.59 Å². The van der Waals surface area contributed by atoms with Crippen LogP contribution in [-0.4, -0.2) is 39.5 Å². The van der Waals surface area contributed by atoms with E-state index in [1.54, 1.807) is 4.90 Å². The van der Waals surface area contributed by atoms with Gasteiger partial charge in [0.15, 0.2) is 0 Å². The first-order chi connectivity index (χ1) is 10.7. The number of aromatic nitrogens is 2. The maximum absolute atomic E-state index is 12.3. The van der Waals surface area contributed by atoms with Crippen LogP contribution in [0.1, 0.15) is 57.4 Å². The first-order valence-electron chi connectivity index (χ1n) is 8.10. The fraction of sp³-hybridized carbons (Fsp3) is 0.733. The number of amides is 2. The Kier molecular flexibility index (Phi) is 6.30. The molecule has 1 aromatic heterocycles. The fourth-order valence-corrected chi connectivity index (χ4v) is 3.48. The topological polar surface area (TPSA) is 75.2 Å². The predicted molar refractivity (Wildman–Crippen MR) is 86.8 cm³/mol. The van der Waals surface area contributed by atoms with Crippen LogP contribution in [0, 0.1) is 0 Å². The Bertz CT molecular complexity index is 517. The number of hydrogen-bond donors (Lipinski definition) is 1. The highest BCUT2D eigenvalue weighted by atomic mass is 32.1. The van der Waals surface area contributed by atoms with Crippen LogP contribution < -0.4 is 5.32 Å². The number of carbonyl (C=O) groups excluding carboxylic acids is 2. The number of nitrogens with zero attached hydrogens (tertiary/aromatic N) is 3. The van der Waals surface area contributed by atoms with E-state index in [1.807, 2.05) is 0 Å². The first-order valence-corrected chi connectivity index (χ1v) is 8.91. The summed E-state index contributed by atoms with van der Waals surface area (Å²) in [5, 5.41) is 11.9. The van der Waals surface area contributed by atoms with Gasteiger partial charge in [0.2, 0.25) is 5.13 Å². The molecule has 122 valence electrons. The van der Waals surface area contributed by atoms with Gasteiger partial charge in [0.25, 0.3) is 0 Å². The lowest BCUT2D eigenvalue weighted by atomic mass is 10.00. The molecule has 2 heterocycles. The Hall–Kier alpha value is -1.50. The molecule has 2 rings (SSSR count). The third-order valence-corrected chi connectivity index (χ3v) is 4.88. The number of hydrogen-bond acceptors (Lipinski definition) is 5. The number of nitrogens with one attached hydrogen (secondary N) is 1. The van der Waals surface area contributed by atoms with E-state index in [1.165, 1.54) is 11.3 Å². The standard InChI is InChI=1S/C15H24N4O2S/c1-3-5-9-12-17-18-15(22-12)16-13(20)14(21)19-10-7-6-8-11(19)4-2/h11H,3-10H2,1-2H3,(H,16,18,20). The summed E-state index contributed by atoms with van der Waals surface area (Å²) < 4.78 is 0. The summed E-state index contributed by atoms with van der Waals surface area (Å²) in [5.74, 6) is -1.05. The van der Waals surface area contributed by atoms with Crippen LogP contribution in [0.2, 0.25) is 0 Å². The molecule has 22 heavy (non-hydrogen) atoms. The lowest BCUT2D eigenvalue weighted by Gasteiger charge is -2.34. The van der Waals surface area contributed by atoms with Crippen LogP contribution in [0.5, 0.6) is 0 Å². The highest BCUT2D eigenvalue weighted by molar-refractivity contribution is 7.15. The Labute approximate surface area is 135 Å². The maximum atomic E-state index is 12.3. The molecule has 1 saturated heterocycles. The van der Waals surface area contributed by atoms with E-state index in [0.717, 1.165) is 50.0 Å². The van der Waals surface area contributed by atoms with Gasteiger partial charge in [-0.15, -0.1) is 10.2 Å². The van der Waals surface area contributed by atoms with E-state index >= 15 is 0 Å². The van der Waals surface area contributed by atoms with Crippen LogP contribution in [0.4, 0.5) is 5.13 Å². The van der Waals surface area contributed by atoms with Gasteiger partial charge in [-0.05, 0) is 32.1 Å². The molecule has 1 aliphatic heterocycles. The van der Waals surface area contributed by atoms with Crippen LogP contribution in [0.25, 0.3) is 0 Å². The Morgan fingerprint density at radius 3 is 2.86 bits per heavy atom. The van der Waals surface area contributed by atoms with E-state index in [2.05, 4.69) is 29.4 Å². The van der Waals surface area contributed by atoms with Gasteiger partial charge in [0.05, 0.1) is 0 Å². The largest absolute Gasteiger partial charge is 0.331 e. The molecule has 1 N–H and O–H groups in total. The molecule has 1 aliphatic rings. The zero-order chi connectivity index (χ0) is 15.9.